The van der Waals surface area contributed by atoms with E-state index in [1.165, 1.54) is 0 Å². The smallest absolute Gasteiger partial charge is 0.308 e. The zero-order valence-electron chi connectivity index (χ0n) is 7.07. The van der Waals surface area contributed by atoms with Gasteiger partial charge in [-0.3, -0.25) is 4.79 Å². The third-order valence-electron chi connectivity index (χ3n) is 2.31. The maximum Gasteiger partial charge on any atom is 0.308 e. The Kier molecular flexibility index (Phi) is 3.29. The minimum atomic E-state index is -0.752. The van der Waals surface area contributed by atoms with Crippen molar-refractivity contribution < 1.29 is 9.90 Å². The van der Waals surface area contributed by atoms with Crippen LogP contribution in [-0.4, -0.2) is 17.1 Å². The van der Waals surface area contributed by atoms with Crippen molar-refractivity contribution in [3.8, 4) is 0 Å². The molecule has 0 amide bonds. The lowest BCUT2D eigenvalue weighted by Crippen LogP contribution is -2.35. The molecule has 0 saturated heterocycles. The fourth-order valence-electron chi connectivity index (χ4n) is 1.52. The molecule has 0 radical (unpaired) electrons. The highest BCUT2D eigenvalue weighted by molar-refractivity contribution is 5.70. The topological polar surface area (TPSA) is 63.3 Å². The first-order chi connectivity index (χ1) is 5.72. The first kappa shape index (κ1) is 9.26. The SMILES string of the molecule is N[C@H]1CC/C=C\CC[C@H]1C(=O)O. The van der Waals surface area contributed by atoms with Gasteiger partial charge in [-0.15, -0.1) is 0 Å². The molecule has 12 heavy (non-hydrogen) atoms. The van der Waals surface area contributed by atoms with Gasteiger partial charge in [-0.2, -0.15) is 0 Å². The molecule has 68 valence electrons. The molecule has 0 bridgehead atoms. The van der Waals surface area contributed by atoms with Crippen molar-refractivity contribution in [1.29, 1.82) is 0 Å². The van der Waals surface area contributed by atoms with Gasteiger partial charge in [0, 0.05) is 6.04 Å². The van der Waals surface area contributed by atoms with Gasteiger partial charge in [0.2, 0.25) is 0 Å². The first-order valence-corrected chi connectivity index (χ1v) is 4.35. The Labute approximate surface area is 72.3 Å². The van der Waals surface area contributed by atoms with Gasteiger partial charge in [-0.05, 0) is 25.7 Å². The number of aliphatic carboxylic acids is 1. The molecule has 0 aliphatic heterocycles. The minimum absolute atomic E-state index is 0.174. The summed E-state index contributed by atoms with van der Waals surface area (Å²) in [6, 6.07) is -0.174. The second-order valence-electron chi connectivity index (χ2n) is 3.23. The Balaban J connectivity index is 2.58. The molecule has 3 heteroatoms. The summed E-state index contributed by atoms with van der Waals surface area (Å²) in [6.45, 7) is 0. The fraction of sp³-hybridized carbons (Fsp3) is 0.667. The Hall–Kier alpha value is -0.830. The molecule has 0 spiro atoms. The van der Waals surface area contributed by atoms with Gasteiger partial charge in [-0.25, -0.2) is 0 Å². The van der Waals surface area contributed by atoms with Gasteiger partial charge < -0.3 is 10.8 Å². The summed E-state index contributed by atoms with van der Waals surface area (Å²) in [5.41, 5.74) is 5.73. The number of allylic oxidation sites excluding steroid dienone is 2. The van der Waals surface area contributed by atoms with Crippen LogP contribution in [0.1, 0.15) is 25.7 Å². The van der Waals surface area contributed by atoms with E-state index in [1.54, 1.807) is 0 Å². The molecular formula is C9H15NO2. The summed E-state index contributed by atoms with van der Waals surface area (Å²) in [4.78, 5) is 10.7. The number of carboxylic acids is 1. The molecule has 0 saturated carbocycles. The van der Waals surface area contributed by atoms with Crippen LogP contribution in [0.3, 0.4) is 0 Å². The van der Waals surface area contributed by atoms with E-state index in [9.17, 15) is 4.79 Å². The molecule has 2 atom stereocenters. The van der Waals surface area contributed by atoms with Crippen LogP contribution < -0.4 is 5.73 Å². The molecule has 3 N–H and O–H groups in total. The summed E-state index contributed by atoms with van der Waals surface area (Å²) < 4.78 is 0. The van der Waals surface area contributed by atoms with Crippen LogP contribution in [0.5, 0.6) is 0 Å². The van der Waals surface area contributed by atoms with Gasteiger partial charge in [-0.1, -0.05) is 12.2 Å². The molecule has 1 aliphatic carbocycles. The van der Waals surface area contributed by atoms with Crippen molar-refractivity contribution in [3.05, 3.63) is 12.2 Å². The first-order valence-electron chi connectivity index (χ1n) is 4.35. The number of hydrogen-bond donors (Lipinski definition) is 2. The molecule has 1 rings (SSSR count). The molecule has 3 nitrogen and oxygen atoms in total. The van der Waals surface area contributed by atoms with Crippen LogP contribution in [0.25, 0.3) is 0 Å². The molecule has 0 aromatic heterocycles. The normalized spacial score (nSPS) is 33.4. The van der Waals surface area contributed by atoms with E-state index in [-0.39, 0.29) is 12.0 Å². The quantitative estimate of drug-likeness (QED) is 0.579. The maximum absolute atomic E-state index is 10.7. The van der Waals surface area contributed by atoms with Crippen LogP contribution in [0, 0.1) is 5.92 Å². The van der Waals surface area contributed by atoms with Crippen molar-refractivity contribution in [2.24, 2.45) is 11.7 Å². The van der Waals surface area contributed by atoms with E-state index in [0.717, 1.165) is 19.3 Å². The Bertz CT molecular complexity index is 189. The highest BCUT2D eigenvalue weighted by atomic mass is 16.4. The number of rotatable bonds is 1. The monoisotopic (exact) mass is 169 g/mol. The molecule has 1 aliphatic rings. The van der Waals surface area contributed by atoms with E-state index in [1.807, 2.05) is 6.08 Å². The summed E-state index contributed by atoms with van der Waals surface area (Å²) in [5, 5.41) is 8.82. The lowest BCUT2D eigenvalue weighted by molar-refractivity contribution is -0.142. The lowest BCUT2D eigenvalue weighted by Gasteiger charge is -2.20. The number of hydrogen-bond acceptors (Lipinski definition) is 2. The van der Waals surface area contributed by atoms with Gasteiger partial charge in [0.15, 0.2) is 0 Å². The molecule has 0 fully saturated rings. The van der Waals surface area contributed by atoms with Gasteiger partial charge in [0.1, 0.15) is 0 Å². The summed E-state index contributed by atoms with van der Waals surface area (Å²) in [7, 11) is 0. The van der Waals surface area contributed by atoms with Gasteiger partial charge >= 0.3 is 5.97 Å². The van der Waals surface area contributed by atoms with Crippen LogP contribution >= 0.6 is 0 Å². The summed E-state index contributed by atoms with van der Waals surface area (Å²) in [6.07, 6.45) is 7.33. The summed E-state index contributed by atoms with van der Waals surface area (Å²) in [5.74, 6) is -1.10. The van der Waals surface area contributed by atoms with E-state index < -0.39 is 5.97 Å². The zero-order valence-corrected chi connectivity index (χ0v) is 7.07. The molecule has 0 heterocycles. The largest absolute Gasteiger partial charge is 0.481 e. The van der Waals surface area contributed by atoms with Crippen molar-refractivity contribution in [2.45, 2.75) is 31.7 Å². The van der Waals surface area contributed by atoms with Crippen LogP contribution in [0.2, 0.25) is 0 Å². The lowest BCUT2D eigenvalue weighted by atomic mass is 9.90. The van der Waals surface area contributed by atoms with Gasteiger partial charge in [0.05, 0.1) is 5.92 Å². The van der Waals surface area contributed by atoms with Gasteiger partial charge in [0.25, 0.3) is 0 Å². The zero-order chi connectivity index (χ0) is 8.97. The average molecular weight is 169 g/mol. The van der Waals surface area contributed by atoms with Crippen molar-refractivity contribution in [2.75, 3.05) is 0 Å². The molecule has 0 unspecified atom stereocenters. The van der Waals surface area contributed by atoms with Crippen LogP contribution in [-0.2, 0) is 4.79 Å². The Morgan fingerprint density at radius 2 is 1.92 bits per heavy atom. The van der Waals surface area contributed by atoms with E-state index in [2.05, 4.69) is 6.08 Å². The molecule has 0 aromatic carbocycles. The molecular weight excluding hydrogens is 154 g/mol. The maximum atomic E-state index is 10.7. The minimum Gasteiger partial charge on any atom is -0.481 e. The number of carbonyl (C=O) groups is 1. The molecule has 0 aromatic rings. The third kappa shape index (κ3) is 2.34. The highest BCUT2D eigenvalue weighted by Crippen LogP contribution is 2.17. The highest BCUT2D eigenvalue weighted by Gasteiger charge is 2.24. The van der Waals surface area contributed by atoms with Crippen molar-refractivity contribution >= 4 is 5.97 Å². The van der Waals surface area contributed by atoms with Crippen LogP contribution in [0.4, 0.5) is 0 Å². The Morgan fingerprint density at radius 1 is 1.33 bits per heavy atom. The predicted octanol–water partition coefficient (Wildman–Crippen LogP) is 1.14. The van der Waals surface area contributed by atoms with Crippen LogP contribution in [0.15, 0.2) is 12.2 Å². The second-order valence-corrected chi connectivity index (χ2v) is 3.23. The fourth-order valence-corrected chi connectivity index (χ4v) is 1.52. The summed E-state index contributed by atoms with van der Waals surface area (Å²) >= 11 is 0. The number of nitrogens with two attached hydrogens (primary N) is 1. The predicted molar refractivity (Wildman–Crippen MR) is 46.7 cm³/mol. The van der Waals surface area contributed by atoms with E-state index in [0.29, 0.717) is 6.42 Å². The third-order valence-corrected chi connectivity index (χ3v) is 2.31. The number of carboxylic acid groups (broad SMARTS) is 1. The second kappa shape index (κ2) is 4.26. The van der Waals surface area contributed by atoms with Crippen molar-refractivity contribution in [1.82, 2.24) is 0 Å². The Morgan fingerprint density at radius 3 is 2.50 bits per heavy atom. The van der Waals surface area contributed by atoms with E-state index in [4.69, 9.17) is 10.8 Å². The van der Waals surface area contributed by atoms with Crippen molar-refractivity contribution in [3.63, 3.8) is 0 Å². The average Bonchev–Trinajstić information content (AvgIpc) is 1.96. The standard InChI is InChI=1S/C9H15NO2/c10-8-6-4-2-1-3-5-7(8)9(11)12/h1-2,7-8H,3-6,10H2,(H,11,12)/b2-1-/t7-,8+/m1/s1. The van der Waals surface area contributed by atoms with E-state index >= 15 is 0 Å².